The first-order valence-corrected chi connectivity index (χ1v) is 8.63. The third kappa shape index (κ3) is 4.13. The van der Waals surface area contributed by atoms with Crippen LogP contribution in [0, 0.1) is 12.0 Å². The SMILES string of the molecule is CCCOc1cccc(-c2cn(-c3ccc(C(=O)O)cc3)cc2C#CN)c1. The van der Waals surface area contributed by atoms with E-state index in [0.29, 0.717) is 6.61 Å². The highest BCUT2D eigenvalue weighted by atomic mass is 16.5. The van der Waals surface area contributed by atoms with Gasteiger partial charge in [-0.15, -0.1) is 0 Å². The summed E-state index contributed by atoms with van der Waals surface area (Å²) in [6.07, 6.45) is 4.77. The van der Waals surface area contributed by atoms with E-state index >= 15 is 0 Å². The Morgan fingerprint density at radius 2 is 1.96 bits per heavy atom. The Balaban J connectivity index is 2.00. The second-order valence-corrected chi connectivity index (χ2v) is 5.99. The van der Waals surface area contributed by atoms with Crippen LogP contribution in [0.25, 0.3) is 16.8 Å². The number of nitrogens with zero attached hydrogens (tertiary/aromatic N) is 1. The third-order valence-electron chi connectivity index (χ3n) is 4.06. The molecular weight excluding hydrogens is 340 g/mol. The highest BCUT2D eigenvalue weighted by molar-refractivity contribution is 5.87. The van der Waals surface area contributed by atoms with E-state index in [2.05, 4.69) is 18.9 Å². The molecule has 0 amide bonds. The molecule has 0 radical (unpaired) electrons. The lowest BCUT2D eigenvalue weighted by atomic mass is 10.0. The smallest absolute Gasteiger partial charge is 0.335 e. The van der Waals surface area contributed by atoms with Gasteiger partial charge in [0.2, 0.25) is 0 Å². The van der Waals surface area contributed by atoms with Gasteiger partial charge in [-0.3, -0.25) is 0 Å². The lowest BCUT2D eigenvalue weighted by Gasteiger charge is -2.07. The molecule has 3 rings (SSSR count). The summed E-state index contributed by atoms with van der Waals surface area (Å²) in [5.74, 6) is 2.78. The molecule has 0 atom stereocenters. The number of rotatable bonds is 6. The molecule has 1 aromatic heterocycles. The number of hydrogen-bond acceptors (Lipinski definition) is 3. The Labute approximate surface area is 158 Å². The molecule has 3 aromatic rings. The molecule has 1 heterocycles. The van der Waals surface area contributed by atoms with E-state index in [4.69, 9.17) is 15.6 Å². The first kappa shape index (κ1) is 18.2. The number of carboxylic acids is 1. The van der Waals surface area contributed by atoms with Gasteiger partial charge >= 0.3 is 5.97 Å². The van der Waals surface area contributed by atoms with Gasteiger partial charge in [0.25, 0.3) is 0 Å². The fourth-order valence-corrected chi connectivity index (χ4v) is 2.76. The standard InChI is InChI=1S/C22H20N2O3/c1-2-12-27-20-5-3-4-17(13-20)21-15-24(14-18(21)10-11-23)19-8-6-16(7-9-19)22(25)26/h3-9,13-15H,2,12,23H2,1H3,(H,25,26). The molecule has 0 bridgehead atoms. The van der Waals surface area contributed by atoms with Crippen LogP contribution in [-0.2, 0) is 0 Å². The fourth-order valence-electron chi connectivity index (χ4n) is 2.76. The molecule has 27 heavy (non-hydrogen) atoms. The van der Waals surface area contributed by atoms with Crippen molar-refractivity contribution in [2.24, 2.45) is 5.73 Å². The van der Waals surface area contributed by atoms with Gasteiger partial charge in [-0.1, -0.05) is 19.1 Å². The number of benzene rings is 2. The Kier molecular flexibility index (Phi) is 5.48. The van der Waals surface area contributed by atoms with Crippen molar-refractivity contribution < 1.29 is 14.6 Å². The van der Waals surface area contributed by atoms with Crippen LogP contribution in [0.2, 0.25) is 0 Å². The van der Waals surface area contributed by atoms with Crippen molar-refractivity contribution in [1.29, 1.82) is 0 Å². The molecule has 0 aliphatic carbocycles. The Morgan fingerprint density at radius 1 is 1.19 bits per heavy atom. The van der Waals surface area contributed by atoms with Gasteiger partial charge in [0, 0.05) is 29.7 Å². The molecule has 0 unspecified atom stereocenters. The summed E-state index contributed by atoms with van der Waals surface area (Å²) < 4.78 is 7.62. The molecular formula is C22H20N2O3. The summed E-state index contributed by atoms with van der Waals surface area (Å²) in [6, 6.07) is 17.0. The fraction of sp³-hybridized carbons (Fsp3) is 0.136. The van der Waals surface area contributed by atoms with Crippen LogP contribution in [0.5, 0.6) is 5.75 Å². The summed E-state index contributed by atoms with van der Waals surface area (Å²) in [5, 5.41) is 9.05. The summed E-state index contributed by atoms with van der Waals surface area (Å²) in [5.41, 5.74) is 9.21. The first-order valence-electron chi connectivity index (χ1n) is 8.63. The summed E-state index contributed by atoms with van der Waals surface area (Å²) in [6.45, 7) is 2.73. The van der Waals surface area contributed by atoms with Gasteiger partial charge in [0.15, 0.2) is 0 Å². The van der Waals surface area contributed by atoms with Crippen molar-refractivity contribution in [3.63, 3.8) is 0 Å². The molecule has 0 saturated carbocycles. The summed E-state index contributed by atoms with van der Waals surface area (Å²) in [7, 11) is 0. The van der Waals surface area contributed by atoms with Gasteiger partial charge in [-0.25, -0.2) is 4.79 Å². The third-order valence-corrected chi connectivity index (χ3v) is 4.06. The zero-order chi connectivity index (χ0) is 19.2. The zero-order valence-corrected chi connectivity index (χ0v) is 15.0. The van der Waals surface area contributed by atoms with Crippen molar-refractivity contribution in [2.75, 3.05) is 6.61 Å². The summed E-state index contributed by atoms with van der Waals surface area (Å²) >= 11 is 0. The van der Waals surface area contributed by atoms with Crippen LogP contribution in [0.1, 0.15) is 29.3 Å². The van der Waals surface area contributed by atoms with Crippen LogP contribution < -0.4 is 10.5 Å². The second-order valence-electron chi connectivity index (χ2n) is 5.99. The minimum atomic E-state index is -0.951. The Bertz CT molecular complexity index is 1010. The highest BCUT2D eigenvalue weighted by Gasteiger charge is 2.11. The Hall–Kier alpha value is -3.65. The largest absolute Gasteiger partial charge is 0.494 e. The van der Waals surface area contributed by atoms with E-state index in [1.807, 2.05) is 41.2 Å². The van der Waals surface area contributed by atoms with E-state index in [1.165, 1.54) is 0 Å². The molecule has 2 aromatic carbocycles. The molecule has 0 aliphatic heterocycles. The quantitative estimate of drug-likeness (QED) is 0.516. The molecule has 0 saturated heterocycles. The molecule has 3 N–H and O–H groups in total. The molecule has 0 fully saturated rings. The number of carbonyl (C=O) groups is 1. The maximum atomic E-state index is 11.0. The van der Waals surface area contributed by atoms with Crippen LogP contribution >= 0.6 is 0 Å². The zero-order valence-electron chi connectivity index (χ0n) is 15.0. The van der Waals surface area contributed by atoms with Gasteiger partial charge in [-0.2, -0.15) is 0 Å². The van der Waals surface area contributed by atoms with Crippen molar-refractivity contribution in [3.05, 3.63) is 72.1 Å². The lowest BCUT2D eigenvalue weighted by Crippen LogP contribution is -1.97. The minimum absolute atomic E-state index is 0.244. The van der Waals surface area contributed by atoms with Gasteiger partial charge in [-0.05, 0) is 54.3 Å². The average molecular weight is 360 g/mol. The maximum absolute atomic E-state index is 11.0. The second kappa shape index (κ2) is 8.15. The van der Waals surface area contributed by atoms with Crippen molar-refractivity contribution in [3.8, 4) is 34.5 Å². The number of carboxylic acid groups (broad SMARTS) is 1. The monoisotopic (exact) mass is 360 g/mol. The molecule has 5 nitrogen and oxygen atoms in total. The molecule has 5 heteroatoms. The van der Waals surface area contributed by atoms with Crippen molar-refractivity contribution in [1.82, 2.24) is 4.57 Å². The van der Waals surface area contributed by atoms with Crippen LogP contribution in [0.15, 0.2) is 60.9 Å². The van der Waals surface area contributed by atoms with E-state index in [9.17, 15) is 4.79 Å². The Morgan fingerprint density at radius 3 is 2.63 bits per heavy atom. The van der Waals surface area contributed by atoms with E-state index in [0.717, 1.165) is 34.5 Å². The van der Waals surface area contributed by atoms with Gasteiger partial charge in [0.1, 0.15) is 5.75 Å². The highest BCUT2D eigenvalue weighted by Crippen LogP contribution is 2.29. The lowest BCUT2D eigenvalue weighted by molar-refractivity contribution is 0.0697. The van der Waals surface area contributed by atoms with Crippen molar-refractivity contribution in [2.45, 2.75) is 13.3 Å². The summed E-state index contributed by atoms with van der Waals surface area (Å²) in [4.78, 5) is 11.0. The number of aromatic carboxylic acids is 1. The minimum Gasteiger partial charge on any atom is -0.494 e. The predicted molar refractivity (Wildman–Crippen MR) is 105 cm³/mol. The normalized spacial score (nSPS) is 10.1. The number of aromatic nitrogens is 1. The number of nitrogens with two attached hydrogens (primary N) is 1. The van der Waals surface area contributed by atoms with Gasteiger partial charge < -0.3 is 20.1 Å². The molecule has 0 spiro atoms. The van der Waals surface area contributed by atoms with E-state index < -0.39 is 5.97 Å². The van der Waals surface area contributed by atoms with E-state index in [-0.39, 0.29) is 5.56 Å². The number of ether oxygens (including phenoxy) is 1. The van der Waals surface area contributed by atoms with Crippen LogP contribution in [-0.4, -0.2) is 22.2 Å². The van der Waals surface area contributed by atoms with Crippen LogP contribution in [0.4, 0.5) is 0 Å². The predicted octanol–water partition coefficient (Wildman–Crippen LogP) is 3.90. The first-order chi connectivity index (χ1) is 13.1. The van der Waals surface area contributed by atoms with Crippen molar-refractivity contribution >= 4 is 5.97 Å². The number of hydrogen-bond donors (Lipinski definition) is 2. The molecule has 0 aliphatic rings. The maximum Gasteiger partial charge on any atom is 0.335 e. The molecule has 136 valence electrons. The van der Waals surface area contributed by atoms with E-state index in [1.54, 1.807) is 24.3 Å². The van der Waals surface area contributed by atoms with Gasteiger partial charge in [0.05, 0.1) is 17.7 Å². The topological polar surface area (TPSA) is 77.5 Å². The average Bonchev–Trinajstić information content (AvgIpc) is 3.11. The van der Waals surface area contributed by atoms with Crippen LogP contribution in [0.3, 0.4) is 0 Å².